The van der Waals surface area contributed by atoms with Crippen LogP contribution in [0.3, 0.4) is 0 Å². The zero-order valence-corrected chi connectivity index (χ0v) is 12.1. The van der Waals surface area contributed by atoms with E-state index in [-0.39, 0.29) is 5.91 Å². The van der Waals surface area contributed by atoms with Crippen molar-refractivity contribution in [3.8, 4) is 0 Å². The van der Waals surface area contributed by atoms with E-state index in [2.05, 4.69) is 5.32 Å². The van der Waals surface area contributed by atoms with Gasteiger partial charge in [0.25, 0.3) is 0 Å². The van der Waals surface area contributed by atoms with Gasteiger partial charge in [-0.2, -0.15) is 0 Å². The molecule has 0 heterocycles. The molecule has 3 atom stereocenters. The van der Waals surface area contributed by atoms with E-state index in [0.29, 0.717) is 17.2 Å². The molecule has 2 N–H and O–H groups in total. The quantitative estimate of drug-likeness (QED) is 0.843. The van der Waals surface area contributed by atoms with E-state index in [4.69, 9.17) is 16.3 Å². The first-order valence-corrected chi connectivity index (χ1v) is 6.69. The van der Waals surface area contributed by atoms with Crippen LogP contribution in [0.15, 0.2) is 24.3 Å². The Balaban J connectivity index is 2.59. The smallest absolute Gasteiger partial charge is 0.249 e. The molecule has 5 heteroatoms. The van der Waals surface area contributed by atoms with Crippen molar-refractivity contribution in [1.82, 2.24) is 5.32 Å². The number of hydrogen-bond acceptors (Lipinski definition) is 3. The summed E-state index contributed by atoms with van der Waals surface area (Å²) in [5.41, 5.74) is 0.710. The van der Waals surface area contributed by atoms with Gasteiger partial charge in [-0.25, -0.2) is 0 Å². The average Bonchev–Trinajstić information content (AvgIpc) is 2.38. The molecule has 0 aliphatic carbocycles. The lowest BCUT2D eigenvalue weighted by Crippen LogP contribution is -2.42. The number of rotatable bonds is 6. The summed E-state index contributed by atoms with van der Waals surface area (Å²) in [7, 11) is 0. The van der Waals surface area contributed by atoms with Gasteiger partial charge < -0.3 is 15.2 Å². The number of benzene rings is 1. The first kappa shape index (κ1) is 16.0. The van der Waals surface area contributed by atoms with Gasteiger partial charge in [0.15, 0.2) is 0 Å². The third-order valence-corrected chi connectivity index (χ3v) is 3.09. The minimum Gasteiger partial charge on any atom is -0.386 e. The molecule has 0 saturated carbocycles. The lowest BCUT2D eigenvalue weighted by Gasteiger charge is -2.22. The van der Waals surface area contributed by atoms with E-state index in [0.717, 1.165) is 0 Å². The van der Waals surface area contributed by atoms with Crippen molar-refractivity contribution in [3.05, 3.63) is 34.9 Å². The topological polar surface area (TPSA) is 58.6 Å². The number of hydrogen-bond donors (Lipinski definition) is 2. The first-order chi connectivity index (χ1) is 8.95. The fourth-order valence-electron chi connectivity index (χ4n) is 1.70. The van der Waals surface area contributed by atoms with Crippen LogP contribution in [-0.4, -0.2) is 29.8 Å². The second-order valence-corrected chi connectivity index (χ2v) is 4.83. The Morgan fingerprint density at radius 2 is 1.95 bits per heavy atom. The molecular weight excluding hydrogens is 266 g/mol. The highest BCUT2D eigenvalue weighted by Crippen LogP contribution is 2.19. The van der Waals surface area contributed by atoms with Gasteiger partial charge in [0.1, 0.15) is 6.10 Å². The largest absolute Gasteiger partial charge is 0.386 e. The van der Waals surface area contributed by atoms with E-state index < -0.39 is 18.2 Å². The van der Waals surface area contributed by atoms with Crippen LogP contribution < -0.4 is 5.32 Å². The van der Waals surface area contributed by atoms with Crippen molar-refractivity contribution < 1.29 is 14.6 Å². The van der Waals surface area contributed by atoms with Crippen LogP contribution in [0.5, 0.6) is 0 Å². The molecule has 19 heavy (non-hydrogen) atoms. The number of ether oxygens (including phenoxy) is 1. The third-order valence-electron chi connectivity index (χ3n) is 2.84. The van der Waals surface area contributed by atoms with Crippen molar-refractivity contribution in [2.24, 2.45) is 0 Å². The van der Waals surface area contributed by atoms with Crippen LogP contribution in [0.1, 0.15) is 32.4 Å². The molecular formula is C14H20ClNO3. The molecule has 0 aliphatic rings. The molecule has 4 nitrogen and oxygen atoms in total. The fraction of sp³-hybridized carbons (Fsp3) is 0.500. The molecule has 0 bridgehead atoms. The lowest BCUT2D eigenvalue weighted by molar-refractivity contribution is -0.132. The van der Waals surface area contributed by atoms with E-state index in [1.54, 1.807) is 38.1 Å². The van der Waals surface area contributed by atoms with Crippen molar-refractivity contribution in [2.45, 2.75) is 39.0 Å². The molecule has 1 amide bonds. The monoisotopic (exact) mass is 285 g/mol. The maximum absolute atomic E-state index is 11.8. The molecule has 0 spiro atoms. The van der Waals surface area contributed by atoms with Crippen LogP contribution in [-0.2, 0) is 9.53 Å². The Bertz CT molecular complexity index is 408. The molecule has 0 saturated heterocycles. The predicted molar refractivity (Wildman–Crippen MR) is 75.1 cm³/mol. The molecule has 3 unspecified atom stereocenters. The summed E-state index contributed by atoms with van der Waals surface area (Å²) in [6.45, 7) is 5.73. The molecule has 0 aliphatic heterocycles. The number of aliphatic hydroxyl groups is 1. The van der Waals surface area contributed by atoms with Gasteiger partial charge in [0.05, 0.1) is 12.1 Å². The number of carbonyl (C=O) groups is 1. The van der Waals surface area contributed by atoms with Gasteiger partial charge in [-0.05, 0) is 38.5 Å². The van der Waals surface area contributed by atoms with E-state index in [1.165, 1.54) is 0 Å². The minimum absolute atomic E-state index is 0.234. The van der Waals surface area contributed by atoms with Gasteiger partial charge >= 0.3 is 0 Å². The summed E-state index contributed by atoms with van der Waals surface area (Å²) < 4.78 is 5.19. The van der Waals surface area contributed by atoms with E-state index in [9.17, 15) is 9.90 Å². The molecule has 0 radical (unpaired) electrons. The maximum Gasteiger partial charge on any atom is 0.249 e. The number of carbonyl (C=O) groups excluding carboxylic acids is 1. The fourth-order valence-corrected chi connectivity index (χ4v) is 1.82. The summed E-state index contributed by atoms with van der Waals surface area (Å²) in [5.74, 6) is -0.234. The standard InChI is InChI=1S/C14H20ClNO3/c1-4-19-10(3)14(18)16-9(2)13(17)11-5-7-12(15)8-6-11/h5-10,13,17H,4H2,1-3H3,(H,16,18). The van der Waals surface area contributed by atoms with Crippen molar-refractivity contribution in [1.29, 1.82) is 0 Å². The van der Waals surface area contributed by atoms with Gasteiger partial charge in [0.2, 0.25) is 5.91 Å². The zero-order valence-electron chi connectivity index (χ0n) is 11.4. The number of nitrogens with one attached hydrogen (secondary N) is 1. The lowest BCUT2D eigenvalue weighted by atomic mass is 10.0. The average molecular weight is 286 g/mol. The first-order valence-electron chi connectivity index (χ1n) is 6.31. The van der Waals surface area contributed by atoms with Crippen LogP contribution in [0.4, 0.5) is 0 Å². The summed E-state index contributed by atoms with van der Waals surface area (Å²) in [6, 6.07) is 6.48. The third kappa shape index (κ3) is 4.82. The summed E-state index contributed by atoms with van der Waals surface area (Å²) in [4.78, 5) is 11.8. The SMILES string of the molecule is CCOC(C)C(=O)NC(C)C(O)c1ccc(Cl)cc1. The van der Waals surface area contributed by atoms with Crippen LogP contribution in [0.2, 0.25) is 5.02 Å². The molecule has 1 aromatic rings. The van der Waals surface area contributed by atoms with Gasteiger partial charge in [-0.1, -0.05) is 23.7 Å². The van der Waals surface area contributed by atoms with Crippen LogP contribution in [0, 0.1) is 0 Å². The number of amides is 1. The molecule has 0 fully saturated rings. The summed E-state index contributed by atoms with van der Waals surface area (Å²) in [6.07, 6.45) is -1.31. The van der Waals surface area contributed by atoms with Crippen molar-refractivity contribution >= 4 is 17.5 Å². The molecule has 106 valence electrons. The molecule has 0 aromatic heterocycles. The second-order valence-electron chi connectivity index (χ2n) is 4.39. The Kier molecular flexibility index (Phi) is 6.28. The van der Waals surface area contributed by atoms with Crippen LogP contribution in [0.25, 0.3) is 0 Å². The molecule has 1 aromatic carbocycles. The van der Waals surface area contributed by atoms with Crippen molar-refractivity contribution in [3.63, 3.8) is 0 Å². The highest BCUT2D eigenvalue weighted by atomic mass is 35.5. The normalized spacial score (nSPS) is 15.6. The summed E-state index contributed by atoms with van der Waals surface area (Å²) in [5, 5.41) is 13.5. The predicted octanol–water partition coefficient (Wildman–Crippen LogP) is 2.30. The van der Waals surface area contributed by atoms with Crippen LogP contribution >= 0.6 is 11.6 Å². The number of halogens is 1. The summed E-state index contributed by atoms with van der Waals surface area (Å²) >= 11 is 5.79. The Labute approximate surface area is 118 Å². The maximum atomic E-state index is 11.8. The highest BCUT2D eigenvalue weighted by molar-refractivity contribution is 6.30. The number of aliphatic hydroxyl groups excluding tert-OH is 1. The van der Waals surface area contributed by atoms with E-state index >= 15 is 0 Å². The van der Waals surface area contributed by atoms with Crippen molar-refractivity contribution in [2.75, 3.05) is 6.61 Å². The molecule has 1 rings (SSSR count). The zero-order chi connectivity index (χ0) is 14.4. The Hall–Kier alpha value is -1.10. The Morgan fingerprint density at radius 3 is 2.47 bits per heavy atom. The van der Waals surface area contributed by atoms with Gasteiger partial charge in [-0.3, -0.25) is 4.79 Å². The highest BCUT2D eigenvalue weighted by Gasteiger charge is 2.21. The van der Waals surface area contributed by atoms with Gasteiger partial charge in [0, 0.05) is 11.6 Å². The second kappa shape index (κ2) is 7.48. The van der Waals surface area contributed by atoms with E-state index in [1.807, 2.05) is 6.92 Å². The van der Waals surface area contributed by atoms with Gasteiger partial charge in [-0.15, -0.1) is 0 Å². The minimum atomic E-state index is -0.782. The Morgan fingerprint density at radius 1 is 1.37 bits per heavy atom.